The molecule has 3 rings (SSSR count). The van der Waals surface area contributed by atoms with E-state index in [1.54, 1.807) is 18.6 Å². The Labute approximate surface area is 140 Å². The van der Waals surface area contributed by atoms with Crippen LogP contribution in [0.2, 0.25) is 5.02 Å². The summed E-state index contributed by atoms with van der Waals surface area (Å²) >= 11 is 5.84. The quantitative estimate of drug-likeness (QED) is 0.862. The van der Waals surface area contributed by atoms with Crippen LogP contribution in [0.4, 0.5) is 11.6 Å². The summed E-state index contributed by atoms with van der Waals surface area (Å²) in [4.78, 5) is 17.0. The molecule has 0 amide bonds. The number of hydrogen-bond donors (Lipinski definition) is 0. The van der Waals surface area contributed by atoms with Gasteiger partial charge >= 0.3 is 0 Å². The molecule has 0 bridgehead atoms. The Hall–Kier alpha value is -2.39. The van der Waals surface area contributed by atoms with Crippen molar-refractivity contribution in [3.63, 3.8) is 0 Å². The van der Waals surface area contributed by atoms with Crippen LogP contribution >= 0.6 is 11.6 Å². The Morgan fingerprint density at radius 1 is 1.26 bits per heavy atom. The molecule has 3 heterocycles. The van der Waals surface area contributed by atoms with E-state index in [4.69, 9.17) is 11.6 Å². The average molecular weight is 329 g/mol. The van der Waals surface area contributed by atoms with E-state index >= 15 is 0 Å². The van der Waals surface area contributed by atoms with Crippen LogP contribution in [-0.2, 0) is 0 Å². The first-order chi connectivity index (χ1) is 11.2. The van der Waals surface area contributed by atoms with E-state index in [1.807, 2.05) is 19.2 Å². The van der Waals surface area contributed by atoms with Gasteiger partial charge in [-0.1, -0.05) is 11.6 Å². The normalized spacial score (nSPS) is 15.3. The van der Waals surface area contributed by atoms with Gasteiger partial charge in [0.15, 0.2) is 5.69 Å². The lowest BCUT2D eigenvalue weighted by atomic mass is 10.0. The molecular formula is C16H17ClN6. The minimum atomic E-state index is 0.370. The van der Waals surface area contributed by atoms with Crippen molar-refractivity contribution in [2.24, 2.45) is 0 Å². The third kappa shape index (κ3) is 3.35. The molecule has 0 radical (unpaired) electrons. The first-order valence-electron chi connectivity index (χ1n) is 7.49. The lowest BCUT2D eigenvalue weighted by molar-refractivity contribution is 0.477. The van der Waals surface area contributed by atoms with Crippen LogP contribution in [0.3, 0.4) is 0 Å². The molecule has 0 N–H and O–H groups in total. The second-order valence-corrected chi connectivity index (χ2v) is 5.95. The van der Waals surface area contributed by atoms with Crippen molar-refractivity contribution in [2.75, 3.05) is 29.9 Å². The molecular weight excluding hydrogens is 312 g/mol. The highest BCUT2D eigenvalue weighted by atomic mass is 35.5. The number of anilines is 2. The third-order valence-corrected chi connectivity index (χ3v) is 4.36. The molecule has 2 aromatic rings. The van der Waals surface area contributed by atoms with E-state index in [1.165, 1.54) is 0 Å². The van der Waals surface area contributed by atoms with Crippen molar-refractivity contribution >= 4 is 23.2 Å². The summed E-state index contributed by atoms with van der Waals surface area (Å²) in [6.07, 6.45) is 6.83. The van der Waals surface area contributed by atoms with Gasteiger partial charge in [-0.2, -0.15) is 5.26 Å². The Balaban J connectivity index is 1.66. The molecule has 0 saturated carbocycles. The van der Waals surface area contributed by atoms with E-state index in [-0.39, 0.29) is 0 Å². The number of rotatable bonds is 3. The van der Waals surface area contributed by atoms with Gasteiger partial charge in [0, 0.05) is 32.4 Å². The molecule has 0 aliphatic carbocycles. The van der Waals surface area contributed by atoms with Gasteiger partial charge in [-0.15, -0.1) is 0 Å². The monoisotopic (exact) mass is 328 g/mol. The van der Waals surface area contributed by atoms with Gasteiger partial charge in [-0.05, 0) is 25.0 Å². The molecule has 23 heavy (non-hydrogen) atoms. The van der Waals surface area contributed by atoms with Crippen LogP contribution in [0.1, 0.15) is 18.5 Å². The summed E-state index contributed by atoms with van der Waals surface area (Å²) in [6, 6.07) is 6.36. The summed E-state index contributed by atoms with van der Waals surface area (Å²) in [6.45, 7) is 1.76. The standard InChI is InChI=1S/C16H17ClN6/c1-22(16-20-10-12(17)11-21-16)13-4-7-23(8-5-13)15-3-2-6-19-14(15)9-18/h2-3,6,10-11,13H,4-5,7-8H2,1H3. The molecule has 1 aliphatic heterocycles. The van der Waals surface area contributed by atoms with Gasteiger partial charge in [0.1, 0.15) is 6.07 Å². The highest BCUT2D eigenvalue weighted by molar-refractivity contribution is 6.30. The van der Waals surface area contributed by atoms with Crippen LogP contribution < -0.4 is 9.80 Å². The molecule has 1 fully saturated rings. The van der Waals surface area contributed by atoms with Crippen LogP contribution in [-0.4, -0.2) is 41.1 Å². The second kappa shape index (κ2) is 6.80. The van der Waals surface area contributed by atoms with Crippen LogP contribution in [0.25, 0.3) is 0 Å². The Bertz CT molecular complexity index is 703. The summed E-state index contributed by atoms with van der Waals surface area (Å²) in [5, 5.41) is 9.73. The molecule has 1 aliphatic rings. The Kier molecular flexibility index (Phi) is 4.58. The van der Waals surface area contributed by atoms with Crippen LogP contribution in [0, 0.1) is 11.3 Å². The van der Waals surface area contributed by atoms with Gasteiger partial charge in [0.25, 0.3) is 0 Å². The fourth-order valence-electron chi connectivity index (χ4n) is 2.88. The summed E-state index contributed by atoms with van der Waals surface area (Å²) in [7, 11) is 2.01. The van der Waals surface area contributed by atoms with Gasteiger partial charge < -0.3 is 9.80 Å². The Morgan fingerprint density at radius 2 is 1.96 bits per heavy atom. The first-order valence-corrected chi connectivity index (χ1v) is 7.87. The molecule has 6 nitrogen and oxygen atoms in total. The van der Waals surface area contributed by atoms with Crippen LogP contribution in [0.5, 0.6) is 0 Å². The topological polar surface area (TPSA) is 68.9 Å². The summed E-state index contributed by atoms with van der Waals surface area (Å²) in [5.74, 6) is 0.687. The van der Waals surface area contributed by atoms with E-state index in [9.17, 15) is 5.26 Å². The summed E-state index contributed by atoms with van der Waals surface area (Å²) in [5.41, 5.74) is 1.40. The summed E-state index contributed by atoms with van der Waals surface area (Å²) < 4.78 is 0. The van der Waals surface area contributed by atoms with E-state index < -0.39 is 0 Å². The SMILES string of the molecule is CN(c1ncc(Cl)cn1)C1CCN(c2cccnc2C#N)CC1. The minimum absolute atomic E-state index is 0.370. The average Bonchev–Trinajstić information content (AvgIpc) is 2.62. The smallest absolute Gasteiger partial charge is 0.225 e. The second-order valence-electron chi connectivity index (χ2n) is 5.51. The highest BCUT2D eigenvalue weighted by Crippen LogP contribution is 2.25. The molecule has 0 atom stereocenters. The van der Waals surface area contributed by atoms with Gasteiger partial charge in [-0.25, -0.2) is 15.0 Å². The van der Waals surface area contributed by atoms with Crippen molar-refractivity contribution < 1.29 is 0 Å². The fourth-order valence-corrected chi connectivity index (χ4v) is 2.98. The predicted molar refractivity (Wildman–Crippen MR) is 89.6 cm³/mol. The molecule has 2 aromatic heterocycles. The molecule has 118 valence electrons. The number of halogens is 1. The number of nitriles is 1. The lowest BCUT2D eigenvalue weighted by Gasteiger charge is -2.37. The third-order valence-electron chi connectivity index (χ3n) is 4.17. The number of pyridine rings is 1. The van der Waals surface area contributed by atoms with Crippen molar-refractivity contribution in [3.8, 4) is 6.07 Å². The van der Waals surface area contributed by atoms with Gasteiger partial charge in [0.2, 0.25) is 5.95 Å². The zero-order valence-electron chi connectivity index (χ0n) is 12.9. The minimum Gasteiger partial charge on any atom is -0.369 e. The fraction of sp³-hybridized carbons (Fsp3) is 0.375. The van der Waals surface area contributed by atoms with Crippen LogP contribution in [0.15, 0.2) is 30.7 Å². The number of hydrogen-bond acceptors (Lipinski definition) is 6. The zero-order valence-corrected chi connectivity index (χ0v) is 13.6. The largest absolute Gasteiger partial charge is 0.369 e. The molecule has 0 aromatic carbocycles. The predicted octanol–water partition coefficient (Wildman–Crippen LogP) is 2.50. The van der Waals surface area contributed by atoms with E-state index in [0.717, 1.165) is 31.6 Å². The lowest BCUT2D eigenvalue weighted by Crippen LogP contribution is -2.44. The zero-order chi connectivity index (χ0) is 16.2. The molecule has 1 saturated heterocycles. The first kappa shape index (κ1) is 15.5. The maximum Gasteiger partial charge on any atom is 0.225 e. The van der Waals surface area contributed by atoms with E-state index in [2.05, 4.69) is 30.8 Å². The van der Waals surface area contributed by atoms with Crippen molar-refractivity contribution in [2.45, 2.75) is 18.9 Å². The number of aromatic nitrogens is 3. The molecule has 7 heteroatoms. The maximum absolute atomic E-state index is 9.19. The van der Waals surface area contributed by atoms with Gasteiger partial charge in [0.05, 0.1) is 23.1 Å². The molecule has 0 spiro atoms. The Morgan fingerprint density at radius 3 is 2.61 bits per heavy atom. The number of nitrogens with zero attached hydrogens (tertiary/aromatic N) is 6. The van der Waals surface area contributed by atoms with Gasteiger partial charge in [-0.3, -0.25) is 0 Å². The molecule has 0 unspecified atom stereocenters. The van der Waals surface area contributed by atoms with Crippen molar-refractivity contribution in [3.05, 3.63) is 41.4 Å². The van der Waals surface area contributed by atoms with E-state index in [0.29, 0.717) is 22.7 Å². The maximum atomic E-state index is 9.19. The van der Waals surface area contributed by atoms with Crippen molar-refractivity contribution in [1.82, 2.24) is 15.0 Å². The number of piperidine rings is 1. The van der Waals surface area contributed by atoms with Crippen molar-refractivity contribution in [1.29, 1.82) is 5.26 Å². The highest BCUT2D eigenvalue weighted by Gasteiger charge is 2.25.